The molecule has 1 aromatic carbocycles. The third kappa shape index (κ3) is 3.71. The Balaban J connectivity index is 1.87. The first kappa shape index (κ1) is 14.4. The predicted molar refractivity (Wildman–Crippen MR) is 78.3 cm³/mol. The second kappa shape index (κ2) is 6.40. The van der Waals surface area contributed by atoms with Gasteiger partial charge in [-0.2, -0.15) is 0 Å². The normalized spacial score (nSPS) is 16.7. The molecule has 19 heavy (non-hydrogen) atoms. The van der Waals surface area contributed by atoms with Crippen molar-refractivity contribution in [2.75, 3.05) is 13.1 Å². The highest BCUT2D eigenvalue weighted by Crippen LogP contribution is 2.16. The molecule has 0 bridgehead atoms. The average Bonchev–Trinajstić information content (AvgIpc) is 2.93. The summed E-state index contributed by atoms with van der Waals surface area (Å²) in [5.74, 6) is 0.204. The van der Waals surface area contributed by atoms with Gasteiger partial charge in [0.25, 0.3) is 0 Å². The van der Waals surface area contributed by atoms with Crippen molar-refractivity contribution in [1.82, 2.24) is 10.2 Å². The summed E-state index contributed by atoms with van der Waals surface area (Å²) in [4.78, 5) is 14.1. The van der Waals surface area contributed by atoms with E-state index in [9.17, 15) is 4.79 Å². The lowest BCUT2D eigenvalue weighted by atomic mass is 10.1. The van der Waals surface area contributed by atoms with Gasteiger partial charge in [0.05, 0.1) is 6.04 Å². The number of aryl methyl sites for hydroxylation is 1. The number of nitrogens with one attached hydrogen (secondary N) is 1. The van der Waals surface area contributed by atoms with Crippen LogP contribution in [0.5, 0.6) is 0 Å². The van der Waals surface area contributed by atoms with E-state index in [-0.39, 0.29) is 11.9 Å². The Morgan fingerprint density at radius 2 is 2.11 bits per heavy atom. The number of benzene rings is 1. The van der Waals surface area contributed by atoms with Crippen LogP contribution in [0.2, 0.25) is 5.02 Å². The minimum Gasteiger partial charge on any atom is -0.341 e. The average molecular weight is 281 g/mol. The van der Waals surface area contributed by atoms with Crippen molar-refractivity contribution < 1.29 is 4.79 Å². The second-order valence-electron chi connectivity index (χ2n) is 5.22. The number of rotatable bonds is 4. The molecule has 1 aromatic rings. The monoisotopic (exact) mass is 280 g/mol. The number of hydrogen-bond acceptors (Lipinski definition) is 2. The molecule has 1 N–H and O–H groups in total. The van der Waals surface area contributed by atoms with E-state index in [1.807, 2.05) is 36.9 Å². The van der Waals surface area contributed by atoms with E-state index in [1.165, 1.54) is 0 Å². The Kier molecular flexibility index (Phi) is 4.83. The smallest absolute Gasteiger partial charge is 0.239 e. The molecule has 3 nitrogen and oxygen atoms in total. The predicted octanol–water partition coefficient (Wildman–Crippen LogP) is 2.75. The van der Waals surface area contributed by atoms with Crippen molar-refractivity contribution >= 4 is 17.5 Å². The molecule has 0 aromatic heterocycles. The van der Waals surface area contributed by atoms with Crippen molar-refractivity contribution in [3.05, 3.63) is 34.3 Å². The zero-order valence-corrected chi connectivity index (χ0v) is 12.3. The van der Waals surface area contributed by atoms with Gasteiger partial charge in [0.2, 0.25) is 5.91 Å². The zero-order valence-electron chi connectivity index (χ0n) is 11.6. The number of amides is 1. The maximum atomic E-state index is 12.1. The lowest BCUT2D eigenvalue weighted by molar-refractivity contribution is -0.131. The fraction of sp³-hybridized carbons (Fsp3) is 0.533. The van der Waals surface area contributed by atoms with Gasteiger partial charge in [0.15, 0.2) is 0 Å². The van der Waals surface area contributed by atoms with Gasteiger partial charge >= 0.3 is 0 Å². The van der Waals surface area contributed by atoms with E-state index >= 15 is 0 Å². The first-order chi connectivity index (χ1) is 9.08. The minimum absolute atomic E-state index is 0.141. The molecule has 1 amide bonds. The molecule has 4 heteroatoms. The zero-order chi connectivity index (χ0) is 13.8. The number of hydrogen-bond donors (Lipinski definition) is 1. The largest absolute Gasteiger partial charge is 0.341 e. The summed E-state index contributed by atoms with van der Waals surface area (Å²) >= 11 is 6.09. The molecule has 1 heterocycles. The summed E-state index contributed by atoms with van der Waals surface area (Å²) in [5, 5.41) is 4.05. The molecule has 1 atom stereocenters. The molecule has 1 aliphatic rings. The Hall–Kier alpha value is -1.06. The van der Waals surface area contributed by atoms with Gasteiger partial charge in [-0.05, 0) is 43.9 Å². The molecular formula is C15H21ClN2O. The number of carbonyl (C=O) groups excluding carboxylic acids is 1. The van der Waals surface area contributed by atoms with Crippen LogP contribution in [0.3, 0.4) is 0 Å². The van der Waals surface area contributed by atoms with Crippen LogP contribution >= 0.6 is 11.6 Å². The van der Waals surface area contributed by atoms with Gasteiger partial charge in [0.1, 0.15) is 0 Å². The molecule has 1 saturated heterocycles. The van der Waals surface area contributed by atoms with E-state index in [0.717, 1.165) is 42.1 Å². The SMILES string of the molecule is Cc1ccc(CNC(C)C(=O)N2CCCC2)cc1Cl. The number of likely N-dealkylation sites (tertiary alicyclic amines) is 1. The summed E-state index contributed by atoms with van der Waals surface area (Å²) in [6.45, 7) is 6.39. The molecule has 0 spiro atoms. The lowest BCUT2D eigenvalue weighted by Crippen LogP contribution is -2.43. The van der Waals surface area contributed by atoms with Crippen LogP contribution in [0, 0.1) is 6.92 Å². The molecule has 104 valence electrons. The third-order valence-electron chi connectivity index (χ3n) is 3.64. The topological polar surface area (TPSA) is 32.3 Å². The molecule has 1 aliphatic heterocycles. The highest BCUT2D eigenvalue weighted by atomic mass is 35.5. The Bertz CT molecular complexity index is 455. The van der Waals surface area contributed by atoms with Crippen molar-refractivity contribution in [3.63, 3.8) is 0 Å². The van der Waals surface area contributed by atoms with Crippen LogP contribution in [0.25, 0.3) is 0 Å². The van der Waals surface area contributed by atoms with E-state index in [2.05, 4.69) is 5.32 Å². The highest BCUT2D eigenvalue weighted by molar-refractivity contribution is 6.31. The number of halogens is 1. The Labute approximate surface area is 119 Å². The molecule has 1 unspecified atom stereocenters. The molecule has 0 radical (unpaired) electrons. The second-order valence-corrected chi connectivity index (χ2v) is 5.63. The van der Waals surface area contributed by atoms with Crippen molar-refractivity contribution in [2.24, 2.45) is 0 Å². The van der Waals surface area contributed by atoms with Crippen LogP contribution in [-0.4, -0.2) is 29.9 Å². The van der Waals surface area contributed by atoms with Gasteiger partial charge in [-0.15, -0.1) is 0 Å². The fourth-order valence-corrected chi connectivity index (χ4v) is 2.52. The van der Waals surface area contributed by atoms with Gasteiger partial charge in [0, 0.05) is 24.7 Å². The molecule has 2 rings (SSSR count). The Morgan fingerprint density at radius 3 is 2.74 bits per heavy atom. The fourth-order valence-electron chi connectivity index (χ4n) is 2.32. The van der Waals surface area contributed by atoms with Gasteiger partial charge in [-0.25, -0.2) is 0 Å². The van der Waals surface area contributed by atoms with Gasteiger partial charge in [-0.3, -0.25) is 4.79 Å². The lowest BCUT2D eigenvalue weighted by Gasteiger charge is -2.21. The van der Waals surface area contributed by atoms with Gasteiger partial charge in [-0.1, -0.05) is 23.7 Å². The van der Waals surface area contributed by atoms with E-state index in [0.29, 0.717) is 6.54 Å². The minimum atomic E-state index is -0.141. The standard InChI is InChI=1S/C15H21ClN2O/c1-11-5-6-13(9-14(11)16)10-17-12(2)15(19)18-7-3-4-8-18/h5-6,9,12,17H,3-4,7-8,10H2,1-2H3. The molecule has 0 aliphatic carbocycles. The number of carbonyl (C=O) groups is 1. The first-order valence-electron chi connectivity index (χ1n) is 6.85. The maximum absolute atomic E-state index is 12.1. The summed E-state index contributed by atoms with van der Waals surface area (Å²) in [7, 11) is 0. The van der Waals surface area contributed by atoms with Crippen LogP contribution < -0.4 is 5.32 Å². The van der Waals surface area contributed by atoms with Crippen LogP contribution in [-0.2, 0) is 11.3 Å². The van der Waals surface area contributed by atoms with Crippen LogP contribution in [0.15, 0.2) is 18.2 Å². The summed E-state index contributed by atoms with van der Waals surface area (Å²) in [6.07, 6.45) is 2.26. The quantitative estimate of drug-likeness (QED) is 0.920. The molecular weight excluding hydrogens is 260 g/mol. The Morgan fingerprint density at radius 1 is 1.42 bits per heavy atom. The van der Waals surface area contributed by atoms with E-state index in [4.69, 9.17) is 11.6 Å². The van der Waals surface area contributed by atoms with Crippen molar-refractivity contribution in [2.45, 2.75) is 39.3 Å². The molecule has 0 saturated carbocycles. The summed E-state index contributed by atoms with van der Waals surface area (Å²) in [5.41, 5.74) is 2.18. The molecule has 1 fully saturated rings. The van der Waals surface area contributed by atoms with E-state index in [1.54, 1.807) is 0 Å². The summed E-state index contributed by atoms with van der Waals surface area (Å²) < 4.78 is 0. The van der Waals surface area contributed by atoms with Gasteiger partial charge < -0.3 is 10.2 Å². The third-order valence-corrected chi connectivity index (χ3v) is 4.04. The van der Waals surface area contributed by atoms with Crippen LogP contribution in [0.1, 0.15) is 30.9 Å². The number of nitrogens with zero attached hydrogens (tertiary/aromatic N) is 1. The highest BCUT2D eigenvalue weighted by Gasteiger charge is 2.22. The van der Waals surface area contributed by atoms with Crippen molar-refractivity contribution in [3.8, 4) is 0 Å². The first-order valence-corrected chi connectivity index (χ1v) is 7.23. The van der Waals surface area contributed by atoms with Crippen molar-refractivity contribution in [1.29, 1.82) is 0 Å². The van der Waals surface area contributed by atoms with E-state index < -0.39 is 0 Å². The maximum Gasteiger partial charge on any atom is 0.239 e. The van der Waals surface area contributed by atoms with Crippen LogP contribution in [0.4, 0.5) is 0 Å². The summed E-state index contributed by atoms with van der Waals surface area (Å²) in [6, 6.07) is 5.86.